The molecule has 100 valence electrons. The van der Waals surface area contributed by atoms with Crippen molar-refractivity contribution in [2.24, 2.45) is 5.10 Å². The smallest absolute Gasteiger partial charge is 0.166 e. The summed E-state index contributed by atoms with van der Waals surface area (Å²) in [6, 6.07) is 16.5. The maximum atomic E-state index is 4.44. The van der Waals surface area contributed by atoms with Gasteiger partial charge in [0.25, 0.3) is 0 Å². The number of hydrazone groups is 1. The molecular weight excluding hydrogens is 246 g/mol. The summed E-state index contributed by atoms with van der Waals surface area (Å²) in [5.74, 6) is 1.67. The molecule has 3 rings (SSSR count). The van der Waals surface area contributed by atoms with Gasteiger partial charge in [0, 0.05) is 5.56 Å². The summed E-state index contributed by atoms with van der Waals surface area (Å²) in [4.78, 5) is 2.07. The van der Waals surface area contributed by atoms with Crippen LogP contribution in [0.15, 0.2) is 66.0 Å². The second kappa shape index (κ2) is 4.85. The van der Waals surface area contributed by atoms with Crippen LogP contribution in [0.1, 0.15) is 16.7 Å². The number of rotatable bonds is 2. The second-order valence-electron chi connectivity index (χ2n) is 4.93. The number of anilines is 1. The van der Waals surface area contributed by atoms with Crippen molar-refractivity contribution in [1.29, 1.82) is 0 Å². The SMILES string of the molecule is C=C1NN=C(c2ccccc2C)N1c1ccccc1C. The number of para-hydroxylation sites is 1. The van der Waals surface area contributed by atoms with E-state index in [2.05, 4.69) is 60.1 Å². The minimum Gasteiger partial charge on any atom is -0.278 e. The largest absolute Gasteiger partial charge is 0.278 e. The molecule has 0 saturated heterocycles. The molecule has 3 heteroatoms. The zero-order valence-corrected chi connectivity index (χ0v) is 11.7. The highest BCUT2D eigenvalue weighted by atomic mass is 15.5. The highest BCUT2D eigenvalue weighted by Crippen LogP contribution is 2.28. The third-order valence-corrected chi connectivity index (χ3v) is 3.51. The van der Waals surface area contributed by atoms with Gasteiger partial charge in [-0.05, 0) is 31.0 Å². The number of hydrogen-bond donors (Lipinski definition) is 1. The molecule has 0 unspecified atom stereocenters. The number of nitrogens with one attached hydrogen (secondary N) is 1. The van der Waals surface area contributed by atoms with Crippen LogP contribution in [0.4, 0.5) is 5.69 Å². The molecular formula is C17H17N3. The topological polar surface area (TPSA) is 27.6 Å². The van der Waals surface area contributed by atoms with Crippen LogP contribution < -0.4 is 10.3 Å². The van der Waals surface area contributed by atoms with Gasteiger partial charge in [-0.2, -0.15) is 5.10 Å². The summed E-state index contributed by atoms with van der Waals surface area (Å²) < 4.78 is 0. The van der Waals surface area contributed by atoms with Gasteiger partial charge in [0.2, 0.25) is 0 Å². The minimum atomic E-state index is 0.776. The second-order valence-corrected chi connectivity index (χ2v) is 4.93. The van der Waals surface area contributed by atoms with E-state index < -0.39 is 0 Å². The van der Waals surface area contributed by atoms with E-state index in [1.807, 2.05) is 24.3 Å². The third-order valence-electron chi connectivity index (χ3n) is 3.51. The first kappa shape index (κ1) is 12.5. The molecule has 0 aliphatic carbocycles. The summed E-state index contributed by atoms with van der Waals surface area (Å²) in [6.45, 7) is 8.24. The van der Waals surface area contributed by atoms with Crippen LogP contribution in [0.25, 0.3) is 0 Å². The van der Waals surface area contributed by atoms with E-state index in [0.717, 1.165) is 22.9 Å². The Bertz CT molecular complexity index is 701. The molecule has 0 saturated carbocycles. The lowest BCUT2D eigenvalue weighted by Gasteiger charge is -2.23. The quantitative estimate of drug-likeness (QED) is 0.897. The van der Waals surface area contributed by atoms with Crippen LogP contribution in [0.3, 0.4) is 0 Å². The molecule has 0 atom stereocenters. The molecule has 1 heterocycles. The van der Waals surface area contributed by atoms with Crippen LogP contribution in [0.2, 0.25) is 0 Å². The normalized spacial score (nSPS) is 14.2. The molecule has 0 bridgehead atoms. The molecule has 0 fully saturated rings. The molecule has 0 spiro atoms. The van der Waals surface area contributed by atoms with E-state index in [1.54, 1.807) is 0 Å². The van der Waals surface area contributed by atoms with Gasteiger partial charge in [-0.15, -0.1) is 0 Å². The minimum absolute atomic E-state index is 0.776. The fraction of sp³-hybridized carbons (Fsp3) is 0.118. The summed E-state index contributed by atoms with van der Waals surface area (Å²) >= 11 is 0. The van der Waals surface area contributed by atoms with Crippen LogP contribution >= 0.6 is 0 Å². The van der Waals surface area contributed by atoms with E-state index in [0.29, 0.717) is 0 Å². The molecule has 20 heavy (non-hydrogen) atoms. The Hall–Kier alpha value is -2.55. The van der Waals surface area contributed by atoms with Crippen LogP contribution in [-0.4, -0.2) is 5.84 Å². The van der Waals surface area contributed by atoms with Crippen molar-refractivity contribution < 1.29 is 0 Å². The Morgan fingerprint density at radius 2 is 1.60 bits per heavy atom. The van der Waals surface area contributed by atoms with E-state index in [-0.39, 0.29) is 0 Å². The van der Waals surface area contributed by atoms with Crippen molar-refractivity contribution in [2.45, 2.75) is 13.8 Å². The van der Waals surface area contributed by atoms with Crippen molar-refractivity contribution in [3.8, 4) is 0 Å². The number of nitrogens with zero attached hydrogens (tertiary/aromatic N) is 2. The van der Waals surface area contributed by atoms with Gasteiger partial charge < -0.3 is 0 Å². The monoisotopic (exact) mass is 263 g/mol. The summed E-state index contributed by atoms with van der Waals surface area (Å²) in [5.41, 5.74) is 7.59. The highest BCUT2D eigenvalue weighted by molar-refractivity contribution is 6.14. The average Bonchev–Trinajstić information content (AvgIpc) is 2.82. The van der Waals surface area contributed by atoms with Crippen LogP contribution in [-0.2, 0) is 0 Å². The molecule has 1 aliphatic heterocycles. The Labute approximate surface area is 119 Å². The average molecular weight is 263 g/mol. The molecule has 0 aromatic heterocycles. The van der Waals surface area contributed by atoms with Crippen molar-refractivity contribution in [1.82, 2.24) is 5.43 Å². The molecule has 0 radical (unpaired) electrons. The molecule has 3 nitrogen and oxygen atoms in total. The summed E-state index contributed by atoms with van der Waals surface area (Å²) in [6.07, 6.45) is 0. The Balaban J connectivity index is 2.11. The van der Waals surface area contributed by atoms with Crippen molar-refractivity contribution in [3.63, 3.8) is 0 Å². The zero-order valence-electron chi connectivity index (χ0n) is 11.7. The molecule has 2 aromatic carbocycles. The molecule has 2 aromatic rings. The summed E-state index contributed by atoms with van der Waals surface area (Å²) in [7, 11) is 0. The third kappa shape index (κ3) is 1.97. The first-order valence-corrected chi connectivity index (χ1v) is 6.63. The number of benzene rings is 2. The van der Waals surface area contributed by atoms with Crippen molar-refractivity contribution in [2.75, 3.05) is 4.90 Å². The van der Waals surface area contributed by atoms with Crippen molar-refractivity contribution >= 4 is 11.5 Å². The number of amidine groups is 1. The first-order chi connectivity index (χ1) is 9.68. The van der Waals surface area contributed by atoms with E-state index in [1.165, 1.54) is 11.1 Å². The fourth-order valence-electron chi connectivity index (χ4n) is 2.42. The predicted molar refractivity (Wildman–Crippen MR) is 83.6 cm³/mol. The van der Waals surface area contributed by atoms with Gasteiger partial charge in [0.15, 0.2) is 5.84 Å². The first-order valence-electron chi connectivity index (χ1n) is 6.63. The standard InChI is InChI=1S/C17H17N3/c1-12-8-4-6-10-15(12)17-19-18-14(3)20(17)16-11-7-5-9-13(16)2/h4-11,18H,3H2,1-2H3. The molecule has 1 aliphatic rings. The Morgan fingerprint density at radius 3 is 2.30 bits per heavy atom. The van der Waals surface area contributed by atoms with E-state index >= 15 is 0 Å². The lowest BCUT2D eigenvalue weighted by molar-refractivity contribution is 0.925. The van der Waals surface area contributed by atoms with E-state index in [9.17, 15) is 0 Å². The van der Waals surface area contributed by atoms with Gasteiger partial charge in [-0.3, -0.25) is 10.3 Å². The number of aryl methyl sites for hydroxylation is 2. The molecule has 1 N–H and O–H groups in total. The van der Waals surface area contributed by atoms with Gasteiger partial charge in [-0.1, -0.05) is 49.0 Å². The fourth-order valence-corrected chi connectivity index (χ4v) is 2.42. The van der Waals surface area contributed by atoms with Crippen LogP contribution in [0.5, 0.6) is 0 Å². The number of hydrogen-bond acceptors (Lipinski definition) is 3. The molecule has 0 amide bonds. The highest BCUT2D eigenvalue weighted by Gasteiger charge is 2.25. The lowest BCUT2D eigenvalue weighted by Crippen LogP contribution is -2.28. The van der Waals surface area contributed by atoms with Crippen LogP contribution in [0, 0.1) is 13.8 Å². The van der Waals surface area contributed by atoms with Gasteiger partial charge in [0.1, 0.15) is 5.82 Å². The zero-order chi connectivity index (χ0) is 14.1. The Kier molecular flexibility index (Phi) is 3.03. The predicted octanol–water partition coefficient (Wildman–Crippen LogP) is 3.55. The van der Waals surface area contributed by atoms with Gasteiger partial charge in [0.05, 0.1) is 5.69 Å². The van der Waals surface area contributed by atoms with E-state index in [4.69, 9.17) is 0 Å². The lowest BCUT2D eigenvalue weighted by atomic mass is 10.1. The van der Waals surface area contributed by atoms with Gasteiger partial charge >= 0.3 is 0 Å². The maximum Gasteiger partial charge on any atom is 0.166 e. The summed E-state index contributed by atoms with van der Waals surface area (Å²) in [5, 5.41) is 4.44. The maximum absolute atomic E-state index is 4.44. The Morgan fingerprint density at radius 1 is 0.950 bits per heavy atom. The van der Waals surface area contributed by atoms with Gasteiger partial charge in [-0.25, -0.2) is 0 Å². The van der Waals surface area contributed by atoms with Crippen molar-refractivity contribution in [3.05, 3.63) is 77.6 Å².